The molecular weight excluding hydrogens is 400 g/mol. The van der Waals surface area contributed by atoms with Gasteiger partial charge in [-0.05, 0) is 60.2 Å². The molecule has 1 saturated heterocycles. The maximum Gasteiger partial charge on any atom is 0.418 e. The SMILES string of the molecule is COC(=O)c1nc(O[C@@H](C)[C@@H]2CCCN2C)cc(-c2ccn(C(=O)OC(C)(C)C)c2)n1. The first kappa shape index (κ1) is 22.7. The molecule has 0 radical (unpaired) electrons. The molecule has 0 saturated carbocycles. The van der Waals surface area contributed by atoms with Crippen molar-refractivity contribution in [3.63, 3.8) is 0 Å². The Morgan fingerprint density at radius 2 is 2.00 bits per heavy atom. The molecule has 3 heterocycles. The van der Waals surface area contributed by atoms with E-state index in [2.05, 4.69) is 21.9 Å². The lowest BCUT2D eigenvalue weighted by Gasteiger charge is -2.26. The number of carbonyl (C=O) groups is 2. The quantitative estimate of drug-likeness (QED) is 0.666. The van der Waals surface area contributed by atoms with E-state index >= 15 is 0 Å². The van der Waals surface area contributed by atoms with E-state index < -0.39 is 17.7 Å². The minimum Gasteiger partial charge on any atom is -0.473 e. The molecule has 2 atom stereocenters. The highest BCUT2D eigenvalue weighted by Gasteiger charge is 2.28. The molecule has 1 aliphatic heterocycles. The molecule has 0 unspecified atom stereocenters. The summed E-state index contributed by atoms with van der Waals surface area (Å²) in [5.41, 5.74) is 0.451. The van der Waals surface area contributed by atoms with Crippen LogP contribution in [0.3, 0.4) is 0 Å². The molecule has 0 aromatic carbocycles. The topological polar surface area (TPSA) is 95.8 Å². The number of carbonyl (C=O) groups excluding carboxylic acids is 2. The summed E-state index contributed by atoms with van der Waals surface area (Å²) in [6.07, 6.45) is 4.71. The summed E-state index contributed by atoms with van der Waals surface area (Å²) in [5, 5.41) is 0. The van der Waals surface area contributed by atoms with E-state index in [1.807, 2.05) is 6.92 Å². The van der Waals surface area contributed by atoms with Crippen molar-refractivity contribution in [3.8, 4) is 17.1 Å². The Morgan fingerprint density at radius 3 is 2.61 bits per heavy atom. The molecule has 3 rings (SSSR count). The molecule has 1 fully saturated rings. The largest absolute Gasteiger partial charge is 0.473 e. The van der Waals surface area contributed by atoms with Crippen LogP contribution in [0.5, 0.6) is 5.88 Å². The Balaban J connectivity index is 1.89. The van der Waals surface area contributed by atoms with E-state index in [-0.39, 0.29) is 23.9 Å². The van der Waals surface area contributed by atoms with E-state index in [0.717, 1.165) is 19.4 Å². The standard InChI is InChI=1S/C22H30N4O5/c1-14(17-8-7-10-25(17)5)30-18-12-16(23-19(24-18)20(27)29-6)15-9-11-26(13-15)21(28)31-22(2,3)4/h9,11-14,17H,7-8,10H2,1-6H3/t14-,17-/m0/s1. The highest BCUT2D eigenvalue weighted by molar-refractivity contribution is 5.86. The van der Waals surface area contributed by atoms with Crippen molar-refractivity contribution in [1.29, 1.82) is 0 Å². The molecule has 31 heavy (non-hydrogen) atoms. The lowest BCUT2D eigenvalue weighted by molar-refractivity contribution is 0.0535. The van der Waals surface area contributed by atoms with Crippen molar-refractivity contribution in [1.82, 2.24) is 19.4 Å². The van der Waals surface area contributed by atoms with Crippen molar-refractivity contribution < 1.29 is 23.8 Å². The molecule has 0 spiro atoms. The number of aromatic nitrogens is 3. The fourth-order valence-corrected chi connectivity index (χ4v) is 3.59. The molecule has 0 aliphatic carbocycles. The van der Waals surface area contributed by atoms with Crippen LogP contribution in [0.2, 0.25) is 0 Å². The first-order valence-corrected chi connectivity index (χ1v) is 10.3. The van der Waals surface area contributed by atoms with E-state index in [1.54, 1.807) is 45.3 Å². The number of hydrogen-bond donors (Lipinski definition) is 0. The number of likely N-dealkylation sites (tertiary alicyclic amines) is 1. The zero-order chi connectivity index (χ0) is 22.8. The summed E-state index contributed by atoms with van der Waals surface area (Å²) in [6.45, 7) is 8.42. The number of hydrogen-bond acceptors (Lipinski definition) is 8. The normalized spacial score (nSPS) is 17.9. The van der Waals surface area contributed by atoms with E-state index in [1.165, 1.54) is 11.7 Å². The number of ether oxygens (including phenoxy) is 3. The third-order valence-electron chi connectivity index (χ3n) is 5.09. The van der Waals surface area contributed by atoms with Gasteiger partial charge in [-0.25, -0.2) is 14.6 Å². The van der Waals surface area contributed by atoms with Crippen molar-refractivity contribution >= 4 is 12.1 Å². The Hall–Kier alpha value is -2.94. The third-order valence-corrected chi connectivity index (χ3v) is 5.09. The van der Waals surface area contributed by atoms with Crippen LogP contribution in [0.15, 0.2) is 24.5 Å². The fraction of sp³-hybridized carbons (Fsp3) is 0.545. The summed E-state index contributed by atoms with van der Waals surface area (Å²) in [5.74, 6) is -0.487. The first-order valence-electron chi connectivity index (χ1n) is 10.3. The third kappa shape index (κ3) is 5.61. The second-order valence-corrected chi connectivity index (χ2v) is 8.71. The first-order chi connectivity index (χ1) is 14.6. The Kier molecular flexibility index (Phi) is 6.64. The fourth-order valence-electron chi connectivity index (χ4n) is 3.59. The molecule has 9 heteroatoms. The summed E-state index contributed by atoms with van der Waals surface area (Å²) >= 11 is 0. The van der Waals surface area contributed by atoms with Gasteiger partial charge in [0.25, 0.3) is 0 Å². The Morgan fingerprint density at radius 1 is 1.26 bits per heavy atom. The van der Waals surface area contributed by atoms with Crippen molar-refractivity contribution in [2.24, 2.45) is 0 Å². The molecule has 2 aromatic rings. The van der Waals surface area contributed by atoms with Crippen LogP contribution in [0.25, 0.3) is 11.3 Å². The van der Waals surface area contributed by atoms with Crippen LogP contribution in [0.4, 0.5) is 4.79 Å². The number of rotatable bonds is 5. The monoisotopic (exact) mass is 430 g/mol. The maximum absolute atomic E-state index is 12.3. The predicted octanol–water partition coefficient (Wildman–Crippen LogP) is 3.38. The minimum absolute atomic E-state index is 0.105. The van der Waals surface area contributed by atoms with Gasteiger partial charge in [-0.15, -0.1) is 0 Å². The van der Waals surface area contributed by atoms with E-state index in [0.29, 0.717) is 11.3 Å². The van der Waals surface area contributed by atoms with Gasteiger partial charge in [0.1, 0.15) is 11.7 Å². The van der Waals surface area contributed by atoms with Crippen molar-refractivity contribution in [2.45, 2.75) is 58.3 Å². The highest BCUT2D eigenvalue weighted by Crippen LogP contribution is 2.26. The van der Waals surface area contributed by atoms with Crippen LogP contribution in [0, 0.1) is 0 Å². The second-order valence-electron chi connectivity index (χ2n) is 8.71. The van der Waals surface area contributed by atoms with Gasteiger partial charge in [-0.1, -0.05) is 0 Å². The minimum atomic E-state index is -0.663. The number of esters is 1. The smallest absolute Gasteiger partial charge is 0.418 e. The summed E-state index contributed by atoms with van der Waals surface area (Å²) in [4.78, 5) is 35.2. The van der Waals surface area contributed by atoms with E-state index in [4.69, 9.17) is 14.2 Å². The molecule has 168 valence electrons. The van der Waals surface area contributed by atoms with Crippen LogP contribution in [-0.4, -0.2) is 69.9 Å². The number of methoxy groups -OCH3 is 1. The van der Waals surface area contributed by atoms with Gasteiger partial charge >= 0.3 is 12.1 Å². The van der Waals surface area contributed by atoms with Gasteiger partial charge in [0.2, 0.25) is 11.7 Å². The van der Waals surface area contributed by atoms with Crippen molar-refractivity contribution in [3.05, 3.63) is 30.4 Å². The zero-order valence-corrected chi connectivity index (χ0v) is 18.9. The molecular formula is C22H30N4O5. The van der Waals surface area contributed by atoms with Gasteiger partial charge < -0.3 is 14.2 Å². The Labute approximate surface area is 182 Å². The number of nitrogens with zero attached hydrogens (tertiary/aromatic N) is 4. The number of likely N-dealkylation sites (N-methyl/N-ethyl adjacent to an activating group) is 1. The summed E-state index contributed by atoms with van der Waals surface area (Å²) in [6, 6.07) is 3.64. The summed E-state index contributed by atoms with van der Waals surface area (Å²) < 4.78 is 17.6. The molecule has 1 aliphatic rings. The van der Waals surface area contributed by atoms with Crippen LogP contribution >= 0.6 is 0 Å². The maximum atomic E-state index is 12.3. The molecule has 0 bridgehead atoms. The van der Waals surface area contributed by atoms with Crippen LogP contribution < -0.4 is 4.74 Å². The molecule has 0 amide bonds. The average molecular weight is 431 g/mol. The van der Waals surface area contributed by atoms with Crippen molar-refractivity contribution in [2.75, 3.05) is 20.7 Å². The lowest BCUT2D eigenvalue weighted by Crippen LogP contribution is -2.38. The van der Waals surface area contributed by atoms with E-state index in [9.17, 15) is 9.59 Å². The molecule has 2 aromatic heterocycles. The molecule has 9 nitrogen and oxygen atoms in total. The predicted molar refractivity (Wildman–Crippen MR) is 114 cm³/mol. The van der Waals surface area contributed by atoms with Crippen LogP contribution in [0.1, 0.15) is 51.2 Å². The summed E-state index contributed by atoms with van der Waals surface area (Å²) in [7, 11) is 3.34. The average Bonchev–Trinajstić information content (AvgIpc) is 3.35. The van der Waals surface area contributed by atoms with Gasteiger partial charge in [0.05, 0.1) is 12.8 Å². The van der Waals surface area contributed by atoms with Gasteiger partial charge in [0, 0.05) is 30.1 Å². The Bertz CT molecular complexity index is 950. The lowest BCUT2D eigenvalue weighted by atomic mass is 10.1. The highest BCUT2D eigenvalue weighted by atomic mass is 16.6. The molecule has 0 N–H and O–H groups in total. The van der Waals surface area contributed by atoms with Crippen LogP contribution in [-0.2, 0) is 9.47 Å². The van der Waals surface area contributed by atoms with Gasteiger partial charge in [-0.2, -0.15) is 4.98 Å². The van der Waals surface area contributed by atoms with Gasteiger partial charge in [0.15, 0.2) is 0 Å². The zero-order valence-electron chi connectivity index (χ0n) is 18.9. The second kappa shape index (κ2) is 9.05. The van der Waals surface area contributed by atoms with Gasteiger partial charge in [-0.3, -0.25) is 9.47 Å².